The SMILES string of the molecule is CS(=O)(=O)N[C@H]1CC[C@@]2(COC3CCC(CC3)c3cccc(c3)OCC[C@@H](C=O)NC2=O)C1. The van der Waals surface area contributed by atoms with E-state index >= 15 is 0 Å². The molecular weight excluding hydrogens is 444 g/mol. The summed E-state index contributed by atoms with van der Waals surface area (Å²) < 4.78 is 38.3. The number of aldehydes is 1. The molecule has 4 bridgehead atoms. The summed E-state index contributed by atoms with van der Waals surface area (Å²) in [4.78, 5) is 25.1. The number of amides is 1. The maximum absolute atomic E-state index is 13.4. The third kappa shape index (κ3) is 6.13. The predicted octanol–water partition coefficient (Wildman–Crippen LogP) is 2.28. The van der Waals surface area contributed by atoms with E-state index in [0.717, 1.165) is 44.0 Å². The van der Waals surface area contributed by atoms with Crippen LogP contribution >= 0.6 is 0 Å². The molecule has 1 aromatic carbocycles. The standard InChI is InChI=1S/C24H34N2O6S/c1-33(29,30)26-19-9-11-24(14-19)16-32-21-7-5-17(6-8-21)18-3-2-4-22(13-18)31-12-10-20(15-27)25-23(24)28/h2-4,13,15,17,19-21,26H,5-12,14,16H2,1H3,(H,25,28)/t17?,19-,20-,21?,24-/m0/s1. The topological polar surface area (TPSA) is 111 Å². The van der Waals surface area contributed by atoms with Crippen LogP contribution in [0.2, 0.25) is 0 Å². The van der Waals surface area contributed by atoms with E-state index in [1.54, 1.807) is 0 Å². The fourth-order valence-electron chi connectivity index (χ4n) is 5.43. The van der Waals surface area contributed by atoms with Crippen LogP contribution in [0.3, 0.4) is 0 Å². The molecule has 2 heterocycles. The van der Waals surface area contributed by atoms with Crippen molar-refractivity contribution in [1.29, 1.82) is 0 Å². The van der Waals surface area contributed by atoms with E-state index in [2.05, 4.69) is 22.2 Å². The van der Waals surface area contributed by atoms with Crippen molar-refractivity contribution in [2.45, 2.75) is 75.5 Å². The number of benzene rings is 1. The van der Waals surface area contributed by atoms with E-state index in [9.17, 15) is 18.0 Å². The van der Waals surface area contributed by atoms with Crippen LogP contribution in [0.4, 0.5) is 0 Å². The van der Waals surface area contributed by atoms with Crippen LogP contribution in [0.25, 0.3) is 0 Å². The summed E-state index contributed by atoms with van der Waals surface area (Å²) in [5, 5.41) is 2.87. The fourth-order valence-corrected chi connectivity index (χ4v) is 6.24. The number of hydrogen-bond donors (Lipinski definition) is 2. The van der Waals surface area contributed by atoms with E-state index in [1.807, 2.05) is 12.1 Å². The molecule has 4 aliphatic rings. The Bertz CT molecular complexity index is 959. The molecule has 33 heavy (non-hydrogen) atoms. The van der Waals surface area contributed by atoms with E-state index in [4.69, 9.17) is 9.47 Å². The lowest BCUT2D eigenvalue weighted by Gasteiger charge is -2.34. The Morgan fingerprint density at radius 3 is 2.67 bits per heavy atom. The molecule has 0 radical (unpaired) electrons. The Hall–Kier alpha value is -1.97. The molecule has 1 spiro atoms. The smallest absolute Gasteiger partial charge is 0.229 e. The largest absolute Gasteiger partial charge is 0.493 e. The molecule has 2 fully saturated rings. The van der Waals surface area contributed by atoms with Gasteiger partial charge in [-0.1, -0.05) is 12.1 Å². The highest BCUT2D eigenvalue weighted by Gasteiger charge is 2.47. The highest BCUT2D eigenvalue weighted by molar-refractivity contribution is 7.88. The van der Waals surface area contributed by atoms with E-state index < -0.39 is 21.5 Å². The van der Waals surface area contributed by atoms with E-state index in [-0.39, 0.29) is 24.7 Å². The zero-order chi connectivity index (χ0) is 23.5. The molecule has 0 saturated heterocycles. The molecular formula is C24H34N2O6S. The normalized spacial score (nSPS) is 33.4. The quantitative estimate of drug-likeness (QED) is 0.645. The van der Waals surface area contributed by atoms with Crippen LogP contribution < -0.4 is 14.8 Å². The first-order valence-electron chi connectivity index (χ1n) is 11.8. The molecule has 2 aliphatic heterocycles. The summed E-state index contributed by atoms with van der Waals surface area (Å²) in [6, 6.07) is 7.13. The highest BCUT2D eigenvalue weighted by atomic mass is 32.2. The van der Waals surface area contributed by atoms with Crippen molar-refractivity contribution in [1.82, 2.24) is 10.0 Å². The number of sulfonamides is 1. The first-order valence-corrected chi connectivity index (χ1v) is 13.7. The molecule has 5 rings (SSSR count). The average molecular weight is 479 g/mol. The molecule has 2 aliphatic carbocycles. The van der Waals surface area contributed by atoms with Gasteiger partial charge in [0.25, 0.3) is 0 Å². The molecule has 3 atom stereocenters. The van der Waals surface area contributed by atoms with Crippen LogP contribution in [0.1, 0.15) is 62.8 Å². The van der Waals surface area contributed by atoms with Gasteiger partial charge in [0.15, 0.2) is 0 Å². The Kier molecular flexibility index (Phi) is 7.40. The first-order chi connectivity index (χ1) is 15.8. The zero-order valence-electron chi connectivity index (χ0n) is 19.1. The number of rotatable bonds is 3. The summed E-state index contributed by atoms with van der Waals surface area (Å²) in [7, 11) is -3.38. The maximum atomic E-state index is 13.4. The van der Waals surface area contributed by atoms with Crippen LogP contribution in [0.15, 0.2) is 24.3 Å². The monoisotopic (exact) mass is 478 g/mol. The summed E-state index contributed by atoms with van der Waals surface area (Å²) in [6.07, 6.45) is 7.56. The first kappa shape index (κ1) is 24.2. The third-order valence-electron chi connectivity index (χ3n) is 7.25. The van der Waals surface area contributed by atoms with Crippen LogP contribution in [0, 0.1) is 5.41 Å². The lowest BCUT2D eigenvalue weighted by atomic mass is 9.82. The summed E-state index contributed by atoms with van der Waals surface area (Å²) in [5.74, 6) is 0.979. The number of hydrogen-bond acceptors (Lipinski definition) is 6. The summed E-state index contributed by atoms with van der Waals surface area (Å²) in [5.41, 5.74) is 0.406. The van der Waals surface area contributed by atoms with Crippen molar-refractivity contribution < 1.29 is 27.5 Å². The second kappa shape index (κ2) is 10.1. The van der Waals surface area contributed by atoms with Gasteiger partial charge < -0.3 is 19.6 Å². The molecule has 9 heteroatoms. The summed E-state index contributed by atoms with van der Waals surface area (Å²) >= 11 is 0. The number of carbonyl (C=O) groups excluding carboxylic acids is 2. The molecule has 0 aromatic heterocycles. The van der Waals surface area contributed by atoms with Gasteiger partial charge in [-0.25, -0.2) is 13.1 Å². The third-order valence-corrected chi connectivity index (χ3v) is 8.01. The maximum Gasteiger partial charge on any atom is 0.229 e. The molecule has 0 unspecified atom stereocenters. The Morgan fingerprint density at radius 2 is 1.94 bits per heavy atom. The summed E-state index contributed by atoms with van der Waals surface area (Å²) in [6.45, 7) is 0.537. The molecule has 2 N–H and O–H groups in total. The molecule has 2 saturated carbocycles. The highest BCUT2D eigenvalue weighted by Crippen LogP contribution is 2.41. The zero-order valence-corrected chi connectivity index (χ0v) is 19.9. The van der Waals surface area contributed by atoms with Crippen molar-refractivity contribution in [3.63, 3.8) is 0 Å². The van der Waals surface area contributed by atoms with Gasteiger partial charge in [0.2, 0.25) is 15.9 Å². The number of carbonyl (C=O) groups is 2. The van der Waals surface area contributed by atoms with Crippen LogP contribution in [-0.2, 0) is 24.3 Å². The lowest BCUT2D eigenvalue weighted by Crippen LogP contribution is -2.49. The van der Waals surface area contributed by atoms with Crippen LogP contribution in [-0.4, -0.2) is 58.3 Å². The van der Waals surface area contributed by atoms with Gasteiger partial charge >= 0.3 is 0 Å². The van der Waals surface area contributed by atoms with Gasteiger partial charge in [-0.3, -0.25) is 4.79 Å². The van der Waals surface area contributed by atoms with Crippen molar-refractivity contribution in [3.05, 3.63) is 29.8 Å². The van der Waals surface area contributed by atoms with Gasteiger partial charge in [0.1, 0.15) is 12.0 Å². The number of nitrogens with one attached hydrogen (secondary N) is 2. The van der Waals surface area contributed by atoms with E-state index in [0.29, 0.717) is 38.2 Å². The van der Waals surface area contributed by atoms with Crippen molar-refractivity contribution in [3.8, 4) is 5.75 Å². The molecule has 1 aromatic rings. The van der Waals surface area contributed by atoms with Gasteiger partial charge in [0, 0.05) is 12.5 Å². The second-order valence-corrected chi connectivity index (χ2v) is 11.6. The van der Waals surface area contributed by atoms with Gasteiger partial charge in [-0.15, -0.1) is 0 Å². The Balaban J connectivity index is 1.54. The minimum Gasteiger partial charge on any atom is -0.493 e. The van der Waals surface area contributed by atoms with Crippen molar-refractivity contribution >= 4 is 22.2 Å². The minimum atomic E-state index is -3.38. The lowest BCUT2D eigenvalue weighted by molar-refractivity contribution is -0.138. The van der Waals surface area contributed by atoms with Gasteiger partial charge in [-0.05, 0) is 68.6 Å². The number of ether oxygens (including phenoxy) is 2. The minimum absolute atomic E-state index is 0.0713. The van der Waals surface area contributed by atoms with Crippen molar-refractivity contribution in [2.75, 3.05) is 19.5 Å². The Labute approximate surface area is 195 Å². The van der Waals surface area contributed by atoms with E-state index in [1.165, 1.54) is 5.56 Å². The number of fused-ring (bicyclic) bond motifs is 8. The predicted molar refractivity (Wildman–Crippen MR) is 124 cm³/mol. The molecule has 182 valence electrons. The van der Waals surface area contributed by atoms with Gasteiger partial charge in [0.05, 0.1) is 37.0 Å². The second-order valence-electron chi connectivity index (χ2n) is 9.82. The fraction of sp³-hybridized carbons (Fsp3) is 0.667. The van der Waals surface area contributed by atoms with Crippen molar-refractivity contribution in [2.24, 2.45) is 5.41 Å². The average Bonchev–Trinajstić information content (AvgIpc) is 3.19. The molecule has 8 nitrogen and oxygen atoms in total. The molecule has 1 amide bonds. The van der Waals surface area contributed by atoms with Crippen LogP contribution in [0.5, 0.6) is 5.75 Å². The van der Waals surface area contributed by atoms with Gasteiger partial charge in [-0.2, -0.15) is 0 Å². The Morgan fingerprint density at radius 1 is 1.15 bits per heavy atom.